The van der Waals surface area contributed by atoms with Gasteiger partial charge in [-0.2, -0.15) is 0 Å². The van der Waals surface area contributed by atoms with Crippen molar-refractivity contribution in [2.75, 3.05) is 6.61 Å². The second-order valence-corrected chi connectivity index (χ2v) is 5.45. The SMILES string of the molecule is CC(C)COC(=O)CCC(=O)OCc1ccc(CCl)cc1. The van der Waals surface area contributed by atoms with Crippen molar-refractivity contribution in [3.8, 4) is 0 Å². The van der Waals surface area contributed by atoms with Crippen LogP contribution in [0.2, 0.25) is 0 Å². The molecule has 0 N–H and O–H groups in total. The number of carbonyl (C=O) groups is 2. The van der Waals surface area contributed by atoms with Gasteiger partial charge in [-0.05, 0) is 17.0 Å². The molecule has 0 aliphatic carbocycles. The summed E-state index contributed by atoms with van der Waals surface area (Å²) >= 11 is 5.69. The summed E-state index contributed by atoms with van der Waals surface area (Å²) in [6.45, 7) is 4.48. The van der Waals surface area contributed by atoms with Crippen molar-refractivity contribution >= 4 is 23.5 Å². The molecule has 116 valence electrons. The Labute approximate surface area is 130 Å². The summed E-state index contributed by atoms with van der Waals surface area (Å²) in [7, 11) is 0. The van der Waals surface area contributed by atoms with E-state index in [0.717, 1.165) is 11.1 Å². The number of alkyl halides is 1. The molecule has 0 atom stereocenters. The molecule has 0 bridgehead atoms. The topological polar surface area (TPSA) is 52.6 Å². The molecule has 0 heterocycles. The third kappa shape index (κ3) is 7.71. The van der Waals surface area contributed by atoms with E-state index in [1.165, 1.54) is 0 Å². The summed E-state index contributed by atoms with van der Waals surface area (Å²) in [6, 6.07) is 7.50. The molecule has 0 unspecified atom stereocenters. The summed E-state index contributed by atoms with van der Waals surface area (Å²) in [4.78, 5) is 22.9. The van der Waals surface area contributed by atoms with Gasteiger partial charge in [0.1, 0.15) is 6.61 Å². The van der Waals surface area contributed by atoms with E-state index in [1.807, 2.05) is 38.1 Å². The lowest BCUT2D eigenvalue weighted by Crippen LogP contribution is -2.12. The van der Waals surface area contributed by atoms with Crippen LogP contribution in [0.15, 0.2) is 24.3 Å². The maximum Gasteiger partial charge on any atom is 0.306 e. The second-order valence-electron chi connectivity index (χ2n) is 5.19. The number of halogens is 1. The standard InChI is InChI=1S/C16H21ClO4/c1-12(2)10-20-15(18)7-8-16(19)21-11-14-5-3-13(9-17)4-6-14/h3-6,12H,7-11H2,1-2H3. The molecule has 1 aromatic rings. The maximum absolute atomic E-state index is 11.5. The minimum Gasteiger partial charge on any atom is -0.465 e. The van der Waals surface area contributed by atoms with Gasteiger partial charge in [0.15, 0.2) is 0 Å². The molecule has 0 saturated heterocycles. The molecule has 0 radical (unpaired) electrons. The molecular weight excluding hydrogens is 292 g/mol. The largest absolute Gasteiger partial charge is 0.465 e. The van der Waals surface area contributed by atoms with E-state index in [2.05, 4.69) is 0 Å². The zero-order valence-corrected chi connectivity index (χ0v) is 13.2. The highest BCUT2D eigenvalue weighted by molar-refractivity contribution is 6.17. The van der Waals surface area contributed by atoms with Crippen LogP contribution in [0.25, 0.3) is 0 Å². The van der Waals surface area contributed by atoms with Gasteiger partial charge in [-0.25, -0.2) is 0 Å². The van der Waals surface area contributed by atoms with Gasteiger partial charge in [0.2, 0.25) is 0 Å². The lowest BCUT2D eigenvalue weighted by molar-refractivity contribution is -0.151. The van der Waals surface area contributed by atoms with Crippen LogP contribution in [0.1, 0.15) is 37.8 Å². The van der Waals surface area contributed by atoms with Crippen molar-refractivity contribution in [1.29, 1.82) is 0 Å². The van der Waals surface area contributed by atoms with Crippen LogP contribution < -0.4 is 0 Å². The van der Waals surface area contributed by atoms with Gasteiger partial charge < -0.3 is 9.47 Å². The Morgan fingerprint density at radius 3 is 2.05 bits per heavy atom. The molecular formula is C16H21ClO4. The molecule has 21 heavy (non-hydrogen) atoms. The first-order chi connectivity index (χ1) is 10.0. The third-order valence-corrected chi connectivity index (χ3v) is 3.00. The van der Waals surface area contributed by atoms with Gasteiger partial charge in [0.25, 0.3) is 0 Å². The molecule has 4 nitrogen and oxygen atoms in total. The molecule has 0 aromatic heterocycles. The lowest BCUT2D eigenvalue weighted by Gasteiger charge is -2.07. The zero-order chi connectivity index (χ0) is 15.7. The highest BCUT2D eigenvalue weighted by Crippen LogP contribution is 2.08. The third-order valence-electron chi connectivity index (χ3n) is 2.69. The smallest absolute Gasteiger partial charge is 0.306 e. The van der Waals surface area contributed by atoms with E-state index in [0.29, 0.717) is 12.5 Å². The van der Waals surface area contributed by atoms with Crippen LogP contribution in [0.5, 0.6) is 0 Å². The van der Waals surface area contributed by atoms with Crippen molar-refractivity contribution in [1.82, 2.24) is 0 Å². The van der Waals surface area contributed by atoms with Crippen molar-refractivity contribution in [3.05, 3.63) is 35.4 Å². The zero-order valence-electron chi connectivity index (χ0n) is 12.4. The number of rotatable bonds is 8. The monoisotopic (exact) mass is 312 g/mol. The minimum absolute atomic E-state index is 0.0384. The van der Waals surface area contributed by atoms with Gasteiger partial charge in [-0.15, -0.1) is 11.6 Å². The minimum atomic E-state index is -0.405. The maximum atomic E-state index is 11.5. The molecule has 1 aromatic carbocycles. The van der Waals surface area contributed by atoms with E-state index >= 15 is 0 Å². The summed E-state index contributed by atoms with van der Waals surface area (Å²) in [6.07, 6.45) is 0.0907. The van der Waals surface area contributed by atoms with Crippen molar-refractivity contribution in [3.63, 3.8) is 0 Å². The van der Waals surface area contributed by atoms with Crippen LogP contribution in [0, 0.1) is 5.92 Å². The van der Waals surface area contributed by atoms with E-state index < -0.39 is 5.97 Å². The number of ether oxygens (including phenoxy) is 2. The molecule has 0 saturated carbocycles. The Morgan fingerprint density at radius 2 is 1.52 bits per heavy atom. The van der Waals surface area contributed by atoms with E-state index in [1.54, 1.807) is 0 Å². The average molecular weight is 313 g/mol. The molecule has 1 rings (SSSR count). The van der Waals surface area contributed by atoms with Gasteiger partial charge >= 0.3 is 11.9 Å². The fourth-order valence-corrected chi connectivity index (χ4v) is 1.67. The second kappa shape index (κ2) is 9.40. The molecule has 0 spiro atoms. The highest BCUT2D eigenvalue weighted by Gasteiger charge is 2.10. The van der Waals surface area contributed by atoms with Crippen LogP contribution in [0.3, 0.4) is 0 Å². The summed E-state index contributed by atoms with van der Waals surface area (Å²) in [5, 5.41) is 0. The summed E-state index contributed by atoms with van der Waals surface area (Å²) in [5.74, 6) is -0.0275. The van der Waals surface area contributed by atoms with E-state index in [4.69, 9.17) is 21.1 Å². The van der Waals surface area contributed by atoms with Crippen LogP contribution in [0.4, 0.5) is 0 Å². The van der Waals surface area contributed by atoms with Gasteiger partial charge in [-0.3, -0.25) is 9.59 Å². The van der Waals surface area contributed by atoms with Crippen molar-refractivity contribution < 1.29 is 19.1 Å². The van der Waals surface area contributed by atoms with Gasteiger partial charge in [0, 0.05) is 5.88 Å². The summed E-state index contributed by atoms with van der Waals surface area (Å²) < 4.78 is 10.1. The lowest BCUT2D eigenvalue weighted by atomic mass is 10.2. The normalized spacial score (nSPS) is 10.5. The fraction of sp³-hybridized carbons (Fsp3) is 0.500. The number of carbonyl (C=O) groups excluding carboxylic acids is 2. The number of benzene rings is 1. The molecule has 0 amide bonds. The Kier molecular flexibility index (Phi) is 7.83. The molecule has 0 aliphatic rings. The average Bonchev–Trinajstić information content (AvgIpc) is 2.49. The van der Waals surface area contributed by atoms with E-state index in [-0.39, 0.29) is 31.3 Å². The number of hydrogen-bond acceptors (Lipinski definition) is 4. The predicted octanol–water partition coefficient (Wildman–Crippen LogP) is 3.45. The quantitative estimate of drug-likeness (QED) is 0.545. The van der Waals surface area contributed by atoms with Crippen LogP contribution in [-0.4, -0.2) is 18.5 Å². The van der Waals surface area contributed by atoms with Crippen molar-refractivity contribution in [2.45, 2.75) is 39.2 Å². The number of esters is 2. The number of hydrogen-bond donors (Lipinski definition) is 0. The first-order valence-corrected chi connectivity index (χ1v) is 7.49. The van der Waals surface area contributed by atoms with Gasteiger partial charge in [0.05, 0.1) is 19.4 Å². The Balaban J connectivity index is 2.22. The highest BCUT2D eigenvalue weighted by atomic mass is 35.5. The predicted molar refractivity (Wildman–Crippen MR) is 80.8 cm³/mol. The van der Waals surface area contributed by atoms with E-state index in [9.17, 15) is 9.59 Å². The van der Waals surface area contributed by atoms with Crippen molar-refractivity contribution in [2.24, 2.45) is 5.92 Å². The fourth-order valence-electron chi connectivity index (χ4n) is 1.50. The first-order valence-electron chi connectivity index (χ1n) is 6.96. The summed E-state index contributed by atoms with van der Waals surface area (Å²) in [5.41, 5.74) is 1.90. The molecule has 5 heteroatoms. The first kappa shape index (κ1) is 17.5. The van der Waals surface area contributed by atoms with Crippen LogP contribution >= 0.6 is 11.6 Å². The van der Waals surface area contributed by atoms with Crippen LogP contribution in [-0.2, 0) is 31.5 Å². The Bertz CT molecular complexity index is 454. The Morgan fingerprint density at radius 1 is 1.00 bits per heavy atom. The molecule has 0 fully saturated rings. The molecule has 0 aliphatic heterocycles. The van der Waals surface area contributed by atoms with Gasteiger partial charge in [-0.1, -0.05) is 38.1 Å². The Hall–Kier alpha value is -1.55.